The quantitative estimate of drug-likeness (QED) is 0.692. The molecule has 90 valence electrons. The smallest absolute Gasteiger partial charge is 0.410 e. The van der Waals surface area contributed by atoms with E-state index >= 15 is 0 Å². The van der Waals surface area contributed by atoms with Crippen LogP contribution in [0.5, 0.6) is 0 Å². The standard InChI is InChI=1S/C11H17NO4/c1-3-15-10(14)12(2)11-5-6(13)4-7(11)8-9(11)16-8/h6-9,13H,3-5H2,1-2H3. The molecule has 1 amide bonds. The van der Waals surface area contributed by atoms with Crippen molar-refractivity contribution in [3.63, 3.8) is 0 Å². The number of hydrogen-bond donors (Lipinski definition) is 1. The van der Waals surface area contributed by atoms with Crippen LogP contribution in [-0.4, -0.2) is 53.6 Å². The lowest BCUT2D eigenvalue weighted by Crippen LogP contribution is -2.64. The third-order valence-corrected chi connectivity index (χ3v) is 4.31. The molecular formula is C11H17NO4. The summed E-state index contributed by atoms with van der Waals surface area (Å²) >= 11 is 0. The van der Waals surface area contributed by atoms with Gasteiger partial charge in [0.05, 0.1) is 24.4 Å². The number of nitrogens with zero attached hydrogens (tertiary/aromatic N) is 1. The van der Waals surface area contributed by atoms with E-state index in [1.54, 1.807) is 18.9 Å². The number of likely N-dealkylation sites (N-methyl/N-ethyl adjacent to an activating group) is 1. The van der Waals surface area contributed by atoms with Crippen LogP contribution in [0.1, 0.15) is 19.8 Å². The highest BCUT2D eigenvalue weighted by Gasteiger charge is 2.78. The van der Waals surface area contributed by atoms with Gasteiger partial charge in [-0.15, -0.1) is 0 Å². The lowest BCUT2D eigenvalue weighted by atomic mass is 9.68. The van der Waals surface area contributed by atoms with Crippen molar-refractivity contribution in [1.29, 1.82) is 0 Å². The number of carbonyl (C=O) groups is 1. The van der Waals surface area contributed by atoms with E-state index in [9.17, 15) is 9.90 Å². The SMILES string of the molecule is CCOC(=O)N(C)C12CC(O)CC1C1OC12. The van der Waals surface area contributed by atoms with E-state index in [1.165, 1.54) is 0 Å². The normalized spacial score (nSPS) is 47.7. The fraction of sp³-hybridized carbons (Fsp3) is 0.909. The van der Waals surface area contributed by atoms with Crippen molar-refractivity contribution in [2.75, 3.05) is 13.7 Å². The summed E-state index contributed by atoms with van der Waals surface area (Å²) < 4.78 is 10.6. The van der Waals surface area contributed by atoms with Crippen LogP contribution in [0.3, 0.4) is 0 Å². The second-order valence-corrected chi connectivity index (χ2v) is 4.97. The number of rotatable bonds is 2. The second kappa shape index (κ2) is 3.11. The molecule has 5 nitrogen and oxygen atoms in total. The molecule has 0 spiro atoms. The first-order valence-corrected chi connectivity index (χ1v) is 5.85. The predicted molar refractivity (Wildman–Crippen MR) is 54.9 cm³/mol. The molecule has 5 heteroatoms. The summed E-state index contributed by atoms with van der Waals surface area (Å²) in [6.07, 6.45) is 1.14. The lowest BCUT2D eigenvalue weighted by Gasteiger charge is -2.46. The Bertz CT molecular complexity index is 334. The molecule has 1 saturated heterocycles. The summed E-state index contributed by atoms with van der Waals surface area (Å²) in [5, 5.41) is 9.74. The van der Waals surface area contributed by atoms with E-state index in [2.05, 4.69) is 0 Å². The van der Waals surface area contributed by atoms with E-state index in [-0.39, 0.29) is 29.9 Å². The molecule has 0 bridgehead atoms. The highest BCUT2D eigenvalue weighted by molar-refractivity contribution is 5.69. The lowest BCUT2D eigenvalue weighted by molar-refractivity contribution is 0.0150. The molecule has 16 heavy (non-hydrogen) atoms. The van der Waals surface area contributed by atoms with Gasteiger partial charge in [0.25, 0.3) is 0 Å². The number of amides is 1. The highest BCUT2D eigenvalue weighted by atomic mass is 16.6. The number of hydrogen-bond acceptors (Lipinski definition) is 4. The molecule has 0 aromatic carbocycles. The first-order chi connectivity index (χ1) is 7.61. The van der Waals surface area contributed by atoms with Gasteiger partial charge >= 0.3 is 6.09 Å². The Morgan fingerprint density at radius 2 is 2.44 bits per heavy atom. The topological polar surface area (TPSA) is 62.3 Å². The maximum Gasteiger partial charge on any atom is 0.410 e. The Morgan fingerprint density at radius 3 is 3.12 bits per heavy atom. The highest BCUT2D eigenvalue weighted by Crippen LogP contribution is 2.64. The molecule has 1 heterocycles. The second-order valence-electron chi connectivity index (χ2n) is 4.97. The van der Waals surface area contributed by atoms with Crippen molar-refractivity contribution in [3.05, 3.63) is 0 Å². The van der Waals surface area contributed by atoms with Gasteiger partial charge in [0.2, 0.25) is 0 Å². The molecule has 3 fully saturated rings. The van der Waals surface area contributed by atoms with E-state index < -0.39 is 0 Å². The Balaban J connectivity index is 1.80. The molecule has 2 saturated carbocycles. The molecule has 3 aliphatic rings. The van der Waals surface area contributed by atoms with Crippen molar-refractivity contribution in [2.45, 2.75) is 43.6 Å². The fourth-order valence-electron chi connectivity index (χ4n) is 3.54. The summed E-state index contributed by atoms with van der Waals surface area (Å²) in [5.41, 5.74) is -0.295. The molecule has 1 aliphatic heterocycles. The maximum absolute atomic E-state index is 11.8. The van der Waals surface area contributed by atoms with Gasteiger partial charge in [0.1, 0.15) is 6.10 Å². The van der Waals surface area contributed by atoms with E-state index in [1.807, 2.05) is 0 Å². The predicted octanol–water partition coefficient (Wildman–Crippen LogP) is 0.365. The van der Waals surface area contributed by atoms with Crippen LogP contribution in [-0.2, 0) is 9.47 Å². The molecule has 5 unspecified atom stereocenters. The van der Waals surface area contributed by atoms with Gasteiger partial charge in [-0.1, -0.05) is 0 Å². The molecule has 0 radical (unpaired) electrons. The summed E-state index contributed by atoms with van der Waals surface area (Å²) in [6, 6.07) is 0. The third kappa shape index (κ3) is 1.05. The van der Waals surface area contributed by atoms with Crippen molar-refractivity contribution in [3.8, 4) is 0 Å². The molecular weight excluding hydrogens is 210 g/mol. The molecule has 5 atom stereocenters. The number of fused-ring (bicyclic) bond motifs is 4. The van der Waals surface area contributed by atoms with Crippen LogP contribution in [0.25, 0.3) is 0 Å². The van der Waals surface area contributed by atoms with Gasteiger partial charge in [-0.05, 0) is 19.8 Å². The third-order valence-electron chi connectivity index (χ3n) is 4.31. The van der Waals surface area contributed by atoms with Crippen LogP contribution in [0.4, 0.5) is 4.79 Å². The average Bonchev–Trinajstić information content (AvgIpc) is 2.92. The van der Waals surface area contributed by atoms with E-state index in [0.29, 0.717) is 18.9 Å². The van der Waals surface area contributed by atoms with Crippen LogP contribution < -0.4 is 0 Å². The Kier molecular flexibility index (Phi) is 2.01. The Hall–Kier alpha value is -0.810. The van der Waals surface area contributed by atoms with Gasteiger partial charge in [-0.3, -0.25) is 0 Å². The van der Waals surface area contributed by atoms with Gasteiger partial charge in [0.15, 0.2) is 0 Å². The minimum Gasteiger partial charge on any atom is -0.450 e. The zero-order valence-electron chi connectivity index (χ0n) is 9.55. The van der Waals surface area contributed by atoms with Gasteiger partial charge in [-0.25, -0.2) is 4.79 Å². The van der Waals surface area contributed by atoms with Crippen molar-refractivity contribution in [2.24, 2.45) is 5.92 Å². The van der Waals surface area contributed by atoms with Crippen LogP contribution in [0.2, 0.25) is 0 Å². The molecule has 0 aromatic rings. The number of carbonyl (C=O) groups excluding carboxylic acids is 1. The minimum absolute atomic E-state index is 0.129. The van der Waals surface area contributed by atoms with Crippen LogP contribution in [0, 0.1) is 5.92 Å². The van der Waals surface area contributed by atoms with Crippen LogP contribution in [0.15, 0.2) is 0 Å². The van der Waals surface area contributed by atoms with E-state index in [4.69, 9.17) is 9.47 Å². The minimum atomic E-state index is -0.310. The summed E-state index contributed by atoms with van der Waals surface area (Å²) in [4.78, 5) is 13.4. The first-order valence-electron chi connectivity index (χ1n) is 5.85. The van der Waals surface area contributed by atoms with Gasteiger partial charge in [-0.2, -0.15) is 0 Å². The van der Waals surface area contributed by atoms with E-state index in [0.717, 1.165) is 6.42 Å². The number of ether oxygens (including phenoxy) is 2. The Morgan fingerprint density at radius 1 is 1.69 bits per heavy atom. The summed E-state index contributed by atoms with van der Waals surface area (Å²) in [5.74, 6) is 0.293. The zero-order chi connectivity index (χ0) is 11.5. The monoisotopic (exact) mass is 227 g/mol. The maximum atomic E-state index is 11.8. The summed E-state index contributed by atoms with van der Waals surface area (Å²) in [7, 11) is 1.75. The van der Waals surface area contributed by atoms with Crippen molar-refractivity contribution < 1.29 is 19.4 Å². The van der Waals surface area contributed by atoms with Gasteiger partial charge < -0.3 is 19.5 Å². The van der Waals surface area contributed by atoms with Crippen molar-refractivity contribution in [1.82, 2.24) is 4.90 Å². The summed E-state index contributed by atoms with van der Waals surface area (Å²) in [6.45, 7) is 2.17. The first kappa shape index (κ1) is 10.4. The zero-order valence-corrected chi connectivity index (χ0v) is 9.55. The average molecular weight is 227 g/mol. The molecule has 2 aliphatic carbocycles. The van der Waals surface area contributed by atoms with Gasteiger partial charge in [0, 0.05) is 13.0 Å². The Labute approximate surface area is 94.3 Å². The molecule has 0 aromatic heterocycles. The largest absolute Gasteiger partial charge is 0.450 e. The fourth-order valence-corrected chi connectivity index (χ4v) is 3.54. The number of aliphatic hydroxyl groups excluding tert-OH is 1. The number of epoxide rings is 1. The molecule has 1 N–H and O–H groups in total. The van der Waals surface area contributed by atoms with Crippen LogP contribution >= 0.6 is 0 Å². The molecule has 3 rings (SSSR count). The van der Waals surface area contributed by atoms with Crippen molar-refractivity contribution >= 4 is 6.09 Å². The number of aliphatic hydroxyl groups is 1.